The molecule has 1 fully saturated rings. The van der Waals surface area contributed by atoms with Crippen LogP contribution in [-0.4, -0.2) is 43.2 Å². The van der Waals surface area contributed by atoms with Gasteiger partial charge in [-0.05, 0) is 73.9 Å². The van der Waals surface area contributed by atoms with E-state index in [0.29, 0.717) is 43.8 Å². The van der Waals surface area contributed by atoms with Crippen LogP contribution in [0.3, 0.4) is 0 Å². The van der Waals surface area contributed by atoms with Crippen molar-refractivity contribution in [3.05, 3.63) is 59.4 Å². The lowest BCUT2D eigenvalue weighted by molar-refractivity contribution is -0.126. The van der Waals surface area contributed by atoms with Crippen molar-refractivity contribution in [3.63, 3.8) is 0 Å². The van der Waals surface area contributed by atoms with Gasteiger partial charge in [-0.3, -0.25) is 9.78 Å². The molecule has 6 nitrogen and oxygen atoms in total. The van der Waals surface area contributed by atoms with Gasteiger partial charge in [0.1, 0.15) is 0 Å². The van der Waals surface area contributed by atoms with Crippen molar-refractivity contribution in [2.75, 3.05) is 19.6 Å². The third-order valence-corrected chi connectivity index (χ3v) is 8.08. The second-order valence-corrected chi connectivity index (χ2v) is 10.1. The highest BCUT2D eigenvalue weighted by atomic mass is 32.2. The highest BCUT2D eigenvalue weighted by molar-refractivity contribution is 7.89. The average molecular weight is 428 g/mol. The fraction of sp³-hybridized carbons (Fsp3) is 0.478. The van der Waals surface area contributed by atoms with E-state index in [2.05, 4.69) is 10.3 Å². The van der Waals surface area contributed by atoms with Crippen molar-refractivity contribution in [1.29, 1.82) is 0 Å². The number of fused-ring (bicyclic) bond motifs is 1. The lowest BCUT2D eigenvalue weighted by atomic mass is 9.92. The number of carbonyl (C=O) groups excluding carboxylic acids is 1. The van der Waals surface area contributed by atoms with Crippen LogP contribution in [0.4, 0.5) is 0 Å². The molecule has 1 amide bonds. The number of nitrogens with zero attached hydrogens (tertiary/aromatic N) is 2. The molecule has 1 N–H and O–H groups in total. The number of sulfonamides is 1. The molecule has 4 rings (SSSR count). The Balaban J connectivity index is 1.30. The fourth-order valence-electron chi connectivity index (χ4n) is 4.38. The van der Waals surface area contributed by atoms with Crippen LogP contribution < -0.4 is 5.32 Å². The first-order chi connectivity index (χ1) is 14.5. The standard InChI is InChI=1S/C23H29N3O3S/c27-23(25-14-10-21-7-3-4-13-24-21)19-11-15-26(16-12-19)30(28,29)22-9-8-18-5-1-2-6-20(18)17-22/h3-4,7-9,13,17,19H,1-2,5-6,10-12,14-16H2,(H,25,27). The monoisotopic (exact) mass is 427 g/mol. The summed E-state index contributed by atoms with van der Waals surface area (Å²) in [4.78, 5) is 17.1. The van der Waals surface area contributed by atoms with Crippen LogP contribution in [0.1, 0.15) is 42.5 Å². The number of piperidine rings is 1. The Hall–Kier alpha value is -2.25. The molecule has 1 aromatic carbocycles. The zero-order valence-corrected chi connectivity index (χ0v) is 18.0. The summed E-state index contributed by atoms with van der Waals surface area (Å²) < 4.78 is 27.7. The second-order valence-electron chi connectivity index (χ2n) is 8.18. The molecule has 7 heteroatoms. The molecular formula is C23H29N3O3S. The minimum absolute atomic E-state index is 0.0109. The summed E-state index contributed by atoms with van der Waals surface area (Å²) in [6, 6.07) is 11.3. The maximum absolute atomic E-state index is 13.1. The largest absolute Gasteiger partial charge is 0.355 e. The van der Waals surface area contributed by atoms with Gasteiger partial charge >= 0.3 is 0 Å². The summed E-state index contributed by atoms with van der Waals surface area (Å²) in [5.74, 6) is -0.125. The van der Waals surface area contributed by atoms with E-state index >= 15 is 0 Å². The summed E-state index contributed by atoms with van der Waals surface area (Å²) in [5.41, 5.74) is 3.40. The number of aromatic nitrogens is 1. The topological polar surface area (TPSA) is 79.4 Å². The third-order valence-electron chi connectivity index (χ3n) is 6.19. The van der Waals surface area contributed by atoms with Crippen LogP contribution in [0.15, 0.2) is 47.5 Å². The van der Waals surface area contributed by atoms with Crippen LogP contribution in [0, 0.1) is 5.92 Å². The Morgan fingerprint density at radius 1 is 1.07 bits per heavy atom. The molecule has 0 saturated carbocycles. The Bertz CT molecular complexity index is 984. The zero-order chi connectivity index (χ0) is 21.0. The van der Waals surface area contributed by atoms with Crippen molar-refractivity contribution in [3.8, 4) is 0 Å². The van der Waals surface area contributed by atoms with Gasteiger partial charge in [0.2, 0.25) is 15.9 Å². The van der Waals surface area contributed by atoms with Gasteiger partial charge in [0.05, 0.1) is 4.90 Å². The van der Waals surface area contributed by atoms with Gasteiger partial charge < -0.3 is 5.32 Å². The van der Waals surface area contributed by atoms with Crippen molar-refractivity contribution < 1.29 is 13.2 Å². The zero-order valence-electron chi connectivity index (χ0n) is 17.2. The number of hydrogen-bond donors (Lipinski definition) is 1. The first-order valence-electron chi connectivity index (χ1n) is 10.8. The van der Waals surface area contributed by atoms with Crippen LogP contribution in [0.2, 0.25) is 0 Å². The molecule has 160 valence electrons. The van der Waals surface area contributed by atoms with E-state index in [0.717, 1.165) is 25.0 Å². The van der Waals surface area contributed by atoms with Gasteiger partial charge in [-0.2, -0.15) is 4.31 Å². The van der Waals surface area contributed by atoms with E-state index in [1.165, 1.54) is 21.9 Å². The minimum atomic E-state index is -3.50. The van der Waals surface area contributed by atoms with Crippen LogP contribution in [0.25, 0.3) is 0 Å². The lowest BCUT2D eigenvalue weighted by Crippen LogP contribution is -2.43. The summed E-state index contributed by atoms with van der Waals surface area (Å²) >= 11 is 0. The molecule has 1 aliphatic carbocycles. The molecule has 2 aromatic rings. The second kappa shape index (κ2) is 9.27. The van der Waals surface area contributed by atoms with Crippen LogP contribution in [0.5, 0.6) is 0 Å². The summed E-state index contributed by atoms with van der Waals surface area (Å²) in [6.45, 7) is 1.32. The van der Waals surface area contributed by atoms with Gasteiger partial charge in [-0.1, -0.05) is 12.1 Å². The molecule has 1 aromatic heterocycles. The van der Waals surface area contributed by atoms with Gasteiger partial charge in [0, 0.05) is 43.9 Å². The van der Waals surface area contributed by atoms with E-state index in [9.17, 15) is 13.2 Å². The van der Waals surface area contributed by atoms with Crippen molar-refractivity contribution >= 4 is 15.9 Å². The molecule has 0 atom stereocenters. The first-order valence-corrected chi connectivity index (χ1v) is 12.3. The molecule has 2 aliphatic rings. The van der Waals surface area contributed by atoms with E-state index in [1.54, 1.807) is 12.3 Å². The minimum Gasteiger partial charge on any atom is -0.355 e. The molecular weight excluding hydrogens is 398 g/mol. The Morgan fingerprint density at radius 2 is 1.83 bits per heavy atom. The maximum Gasteiger partial charge on any atom is 0.243 e. The quantitative estimate of drug-likeness (QED) is 0.769. The van der Waals surface area contributed by atoms with Crippen molar-refractivity contribution in [2.45, 2.75) is 49.8 Å². The molecule has 1 saturated heterocycles. The van der Waals surface area contributed by atoms with Crippen LogP contribution >= 0.6 is 0 Å². The van der Waals surface area contributed by atoms with E-state index in [4.69, 9.17) is 0 Å². The summed E-state index contributed by atoms with van der Waals surface area (Å²) in [5, 5.41) is 2.97. The normalized spacial score (nSPS) is 18.0. The number of hydrogen-bond acceptors (Lipinski definition) is 4. The van der Waals surface area contributed by atoms with Gasteiger partial charge in [-0.25, -0.2) is 8.42 Å². The van der Waals surface area contributed by atoms with Crippen LogP contribution in [-0.2, 0) is 34.1 Å². The molecule has 0 bridgehead atoms. The Kier molecular flexibility index (Phi) is 6.49. The SMILES string of the molecule is O=C(NCCc1ccccn1)C1CCN(S(=O)(=O)c2ccc3c(c2)CCCC3)CC1. The summed E-state index contributed by atoms with van der Waals surface area (Å²) in [7, 11) is -3.50. The molecule has 1 aliphatic heterocycles. The van der Waals surface area contributed by atoms with Gasteiger partial charge in [0.25, 0.3) is 0 Å². The predicted octanol–water partition coefficient (Wildman–Crippen LogP) is 2.72. The van der Waals surface area contributed by atoms with E-state index < -0.39 is 10.0 Å². The number of amides is 1. The molecule has 0 unspecified atom stereocenters. The first kappa shape index (κ1) is 21.0. The van der Waals surface area contributed by atoms with Gasteiger partial charge in [0.15, 0.2) is 0 Å². The molecule has 0 spiro atoms. The molecule has 0 radical (unpaired) electrons. The lowest BCUT2D eigenvalue weighted by Gasteiger charge is -2.31. The van der Waals surface area contributed by atoms with E-state index in [1.807, 2.05) is 30.3 Å². The van der Waals surface area contributed by atoms with Gasteiger partial charge in [-0.15, -0.1) is 0 Å². The highest BCUT2D eigenvalue weighted by Gasteiger charge is 2.32. The Labute approximate surface area is 178 Å². The third kappa shape index (κ3) is 4.73. The number of aryl methyl sites for hydroxylation is 2. The number of benzene rings is 1. The maximum atomic E-state index is 13.1. The number of nitrogens with one attached hydrogen (secondary N) is 1. The predicted molar refractivity (Wildman–Crippen MR) is 116 cm³/mol. The number of rotatable bonds is 6. The van der Waals surface area contributed by atoms with Crippen molar-refractivity contribution in [1.82, 2.24) is 14.6 Å². The van der Waals surface area contributed by atoms with Crippen molar-refractivity contribution in [2.24, 2.45) is 5.92 Å². The number of pyridine rings is 1. The molecule has 30 heavy (non-hydrogen) atoms. The average Bonchev–Trinajstić information content (AvgIpc) is 2.79. The Morgan fingerprint density at radius 3 is 2.57 bits per heavy atom. The fourth-order valence-corrected chi connectivity index (χ4v) is 5.90. The van der Waals surface area contributed by atoms with E-state index in [-0.39, 0.29) is 11.8 Å². The smallest absolute Gasteiger partial charge is 0.243 e. The highest BCUT2D eigenvalue weighted by Crippen LogP contribution is 2.28. The number of carbonyl (C=O) groups is 1. The molecule has 2 heterocycles. The summed E-state index contributed by atoms with van der Waals surface area (Å²) in [6.07, 6.45) is 7.84.